The van der Waals surface area contributed by atoms with Gasteiger partial charge in [-0.15, -0.1) is 0 Å². The molecule has 1 aliphatic rings. The normalized spacial score (nSPS) is 14.1. The first-order valence-corrected chi connectivity index (χ1v) is 10.6. The number of carbonyl (C=O) groups is 3. The Bertz CT molecular complexity index is 913. The van der Waals surface area contributed by atoms with E-state index < -0.39 is 30.1 Å². The van der Waals surface area contributed by atoms with E-state index in [1.807, 2.05) is 43.3 Å². The number of hydrogen-bond donors (Lipinski definition) is 3. The maximum absolute atomic E-state index is 12.5. The van der Waals surface area contributed by atoms with Crippen molar-refractivity contribution >= 4 is 18.0 Å². The van der Waals surface area contributed by atoms with Gasteiger partial charge in [0.05, 0.1) is 0 Å². The number of amides is 2. The molecule has 2 amide bonds. The molecule has 31 heavy (non-hydrogen) atoms. The maximum atomic E-state index is 12.5. The summed E-state index contributed by atoms with van der Waals surface area (Å²) >= 11 is 0. The Labute approximate surface area is 181 Å². The first-order chi connectivity index (χ1) is 15.0. The highest BCUT2D eigenvalue weighted by molar-refractivity contribution is 5.89. The van der Waals surface area contributed by atoms with Gasteiger partial charge >= 0.3 is 12.1 Å². The Morgan fingerprint density at radius 2 is 1.52 bits per heavy atom. The molecule has 0 unspecified atom stereocenters. The number of alkyl carbamates (subject to hydrolysis) is 1. The third kappa shape index (κ3) is 5.05. The van der Waals surface area contributed by atoms with E-state index >= 15 is 0 Å². The molecule has 0 spiro atoms. The molecular formula is C24H28N2O5. The molecule has 0 saturated heterocycles. The van der Waals surface area contributed by atoms with Gasteiger partial charge in [-0.25, -0.2) is 9.59 Å². The van der Waals surface area contributed by atoms with Crippen molar-refractivity contribution in [1.29, 1.82) is 0 Å². The minimum atomic E-state index is -1.10. The van der Waals surface area contributed by atoms with Crippen molar-refractivity contribution < 1.29 is 24.2 Å². The van der Waals surface area contributed by atoms with Crippen LogP contribution in [0.25, 0.3) is 11.1 Å². The van der Waals surface area contributed by atoms with E-state index in [4.69, 9.17) is 9.84 Å². The molecule has 3 rings (SSSR count). The number of aliphatic carboxylic acids is 1. The molecule has 0 aliphatic heterocycles. The Morgan fingerprint density at radius 1 is 0.935 bits per heavy atom. The Morgan fingerprint density at radius 3 is 2.03 bits per heavy atom. The topological polar surface area (TPSA) is 105 Å². The third-order valence-electron chi connectivity index (χ3n) is 5.55. The Kier molecular flexibility index (Phi) is 7.28. The zero-order valence-electron chi connectivity index (χ0n) is 17.8. The number of hydrogen-bond acceptors (Lipinski definition) is 4. The average Bonchev–Trinajstić information content (AvgIpc) is 3.09. The van der Waals surface area contributed by atoms with Gasteiger partial charge in [-0.2, -0.15) is 0 Å². The third-order valence-corrected chi connectivity index (χ3v) is 5.55. The van der Waals surface area contributed by atoms with Crippen molar-refractivity contribution in [2.24, 2.45) is 0 Å². The SMILES string of the molecule is CCC[C@@H](NC(=O)OCC1c2ccccc2-c2ccccc21)C(=O)N[C@@H](CC)C(=O)O. The maximum Gasteiger partial charge on any atom is 0.407 e. The van der Waals surface area contributed by atoms with E-state index in [1.165, 1.54) is 0 Å². The van der Waals surface area contributed by atoms with Gasteiger partial charge in [-0.3, -0.25) is 4.79 Å². The highest BCUT2D eigenvalue weighted by Gasteiger charge is 2.30. The van der Waals surface area contributed by atoms with Crippen molar-refractivity contribution in [1.82, 2.24) is 10.6 Å². The second-order valence-corrected chi connectivity index (χ2v) is 7.62. The zero-order chi connectivity index (χ0) is 22.4. The fourth-order valence-corrected chi connectivity index (χ4v) is 3.95. The number of benzene rings is 2. The Balaban J connectivity index is 1.64. The molecule has 0 heterocycles. The van der Waals surface area contributed by atoms with Gasteiger partial charge in [0.1, 0.15) is 18.7 Å². The highest BCUT2D eigenvalue weighted by atomic mass is 16.5. The van der Waals surface area contributed by atoms with Gasteiger partial charge in [0.15, 0.2) is 0 Å². The molecule has 3 N–H and O–H groups in total. The van der Waals surface area contributed by atoms with E-state index in [9.17, 15) is 14.4 Å². The second-order valence-electron chi connectivity index (χ2n) is 7.62. The molecule has 1 aliphatic carbocycles. The van der Waals surface area contributed by atoms with E-state index in [2.05, 4.69) is 22.8 Å². The molecule has 7 heteroatoms. The van der Waals surface area contributed by atoms with Crippen LogP contribution in [0.1, 0.15) is 50.2 Å². The average molecular weight is 424 g/mol. The largest absolute Gasteiger partial charge is 0.480 e. The van der Waals surface area contributed by atoms with Crippen LogP contribution < -0.4 is 10.6 Å². The molecular weight excluding hydrogens is 396 g/mol. The number of ether oxygens (including phenoxy) is 1. The molecule has 2 aromatic carbocycles. The summed E-state index contributed by atoms with van der Waals surface area (Å²) < 4.78 is 5.50. The lowest BCUT2D eigenvalue weighted by Crippen LogP contribution is -2.51. The summed E-state index contributed by atoms with van der Waals surface area (Å²) in [6.45, 7) is 3.70. The van der Waals surface area contributed by atoms with Crippen LogP contribution in [0.15, 0.2) is 48.5 Å². The fraction of sp³-hybridized carbons (Fsp3) is 0.375. The lowest BCUT2D eigenvalue weighted by molar-refractivity contribution is -0.142. The predicted octanol–water partition coefficient (Wildman–Crippen LogP) is 3.67. The van der Waals surface area contributed by atoms with Crippen molar-refractivity contribution in [3.8, 4) is 11.1 Å². The van der Waals surface area contributed by atoms with Crippen LogP contribution in [0.5, 0.6) is 0 Å². The van der Waals surface area contributed by atoms with Crippen molar-refractivity contribution in [3.05, 3.63) is 59.7 Å². The minimum absolute atomic E-state index is 0.0758. The van der Waals surface area contributed by atoms with E-state index in [0.29, 0.717) is 12.8 Å². The van der Waals surface area contributed by atoms with Crippen molar-refractivity contribution in [3.63, 3.8) is 0 Å². The lowest BCUT2D eigenvalue weighted by atomic mass is 9.98. The monoisotopic (exact) mass is 424 g/mol. The van der Waals surface area contributed by atoms with Gasteiger partial charge in [-0.1, -0.05) is 68.8 Å². The van der Waals surface area contributed by atoms with E-state index in [-0.39, 0.29) is 18.9 Å². The molecule has 0 bridgehead atoms. The summed E-state index contributed by atoms with van der Waals surface area (Å²) in [6.07, 6.45) is 0.585. The smallest absolute Gasteiger partial charge is 0.407 e. The van der Waals surface area contributed by atoms with Crippen molar-refractivity contribution in [2.45, 2.75) is 51.1 Å². The van der Waals surface area contributed by atoms with E-state index in [0.717, 1.165) is 22.3 Å². The van der Waals surface area contributed by atoms with Crippen LogP contribution in [0.2, 0.25) is 0 Å². The molecule has 2 aromatic rings. The molecule has 2 atom stereocenters. The first-order valence-electron chi connectivity index (χ1n) is 10.6. The van der Waals surface area contributed by atoms with Gasteiger partial charge < -0.3 is 20.5 Å². The zero-order valence-corrected chi connectivity index (χ0v) is 17.8. The number of fused-ring (bicyclic) bond motifs is 3. The van der Waals surface area contributed by atoms with Crippen LogP contribution in [-0.4, -0.2) is 41.8 Å². The molecule has 0 fully saturated rings. The van der Waals surface area contributed by atoms with Crippen LogP contribution in [0.4, 0.5) is 4.79 Å². The van der Waals surface area contributed by atoms with Crippen LogP contribution in [0, 0.1) is 0 Å². The van der Waals surface area contributed by atoms with Crippen LogP contribution in [0.3, 0.4) is 0 Å². The first kappa shape index (κ1) is 22.3. The molecule has 0 saturated carbocycles. The summed E-state index contributed by atoms with van der Waals surface area (Å²) in [7, 11) is 0. The van der Waals surface area contributed by atoms with Gasteiger partial charge in [0.2, 0.25) is 5.91 Å². The van der Waals surface area contributed by atoms with Crippen LogP contribution >= 0.6 is 0 Å². The summed E-state index contributed by atoms with van der Waals surface area (Å²) in [5.41, 5.74) is 4.47. The number of carboxylic acids is 1. The summed E-state index contributed by atoms with van der Waals surface area (Å²) in [5.74, 6) is -1.70. The second kappa shape index (κ2) is 10.1. The quantitative estimate of drug-likeness (QED) is 0.570. The van der Waals surface area contributed by atoms with Crippen molar-refractivity contribution in [2.75, 3.05) is 6.61 Å². The minimum Gasteiger partial charge on any atom is -0.480 e. The number of nitrogens with one attached hydrogen (secondary N) is 2. The molecule has 7 nitrogen and oxygen atoms in total. The summed E-state index contributed by atoms with van der Waals surface area (Å²) in [5, 5.41) is 14.2. The predicted molar refractivity (Wildman–Crippen MR) is 117 cm³/mol. The Hall–Kier alpha value is -3.35. The van der Waals surface area contributed by atoms with Gasteiger partial charge in [0.25, 0.3) is 0 Å². The van der Waals surface area contributed by atoms with Gasteiger partial charge in [-0.05, 0) is 35.1 Å². The number of rotatable bonds is 9. The fourth-order valence-electron chi connectivity index (χ4n) is 3.95. The standard InChI is InChI=1S/C24H28N2O5/c1-3-9-21(22(27)25-20(4-2)23(28)29)26-24(30)31-14-19-17-12-7-5-10-15(17)16-11-6-8-13-18(16)19/h5-8,10-13,19-21H,3-4,9,14H2,1-2H3,(H,25,27)(H,26,30)(H,28,29)/t20-,21+/m0/s1. The summed E-state index contributed by atoms with van der Waals surface area (Å²) in [4.78, 5) is 36.2. The number of carboxylic acid groups (broad SMARTS) is 1. The lowest BCUT2D eigenvalue weighted by Gasteiger charge is -2.21. The molecule has 164 valence electrons. The van der Waals surface area contributed by atoms with Crippen LogP contribution in [-0.2, 0) is 14.3 Å². The van der Waals surface area contributed by atoms with Gasteiger partial charge in [0, 0.05) is 5.92 Å². The van der Waals surface area contributed by atoms with E-state index in [1.54, 1.807) is 6.92 Å². The highest BCUT2D eigenvalue weighted by Crippen LogP contribution is 2.44. The summed E-state index contributed by atoms with van der Waals surface area (Å²) in [6, 6.07) is 14.2. The molecule has 0 radical (unpaired) electrons. The number of carbonyl (C=O) groups excluding carboxylic acids is 2. The molecule has 0 aromatic heterocycles.